The van der Waals surface area contributed by atoms with E-state index in [0.717, 1.165) is 16.8 Å². The largest absolute Gasteiger partial charge is 0.456 e. The van der Waals surface area contributed by atoms with Crippen molar-refractivity contribution in [2.45, 2.75) is 65.7 Å². The normalized spacial score (nSPS) is 11.6. The van der Waals surface area contributed by atoms with Gasteiger partial charge in [0.2, 0.25) is 0 Å². The topological polar surface area (TPSA) is 67.9 Å². The van der Waals surface area contributed by atoms with Crippen LogP contribution in [0.15, 0.2) is 48.5 Å². The Labute approximate surface area is 191 Å². The first-order valence-electron chi connectivity index (χ1n) is 10.9. The van der Waals surface area contributed by atoms with Gasteiger partial charge in [-0.2, -0.15) is 0 Å². The first-order chi connectivity index (χ1) is 14.9. The standard InChI is InChI=1S/C26H36N2O4/c1-25(2,3)31-23(29)20-13-14-21(22(17-20)27-7)18-28(24(30)32-26(4,5)6)16-15-19-11-9-8-10-12-19/h8-14,17,27H,15-16,18H2,1-7H3. The Kier molecular flexibility index (Phi) is 8.31. The molecule has 0 unspecified atom stereocenters. The van der Waals surface area contributed by atoms with E-state index in [1.54, 1.807) is 24.1 Å². The van der Waals surface area contributed by atoms with E-state index in [-0.39, 0.29) is 12.1 Å². The molecule has 0 aromatic heterocycles. The number of amides is 1. The molecule has 0 atom stereocenters. The minimum atomic E-state index is -0.589. The SMILES string of the molecule is CNc1cc(C(=O)OC(C)(C)C)ccc1CN(CCc1ccccc1)C(=O)OC(C)(C)C. The number of benzene rings is 2. The number of ether oxygens (including phenoxy) is 2. The van der Waals surface area contributed by atoms with Gasteiger partial charge in [0.25, 0.3) is 0 Å². The molecule has 0 bridgehead atoms. The second-order valence-corrected chi connectivity index (χ2v) is 9.76. The minimum absolute atomic E-state index is 0.354. The van der Waals surface area contributed by atoms with Gasteiger partial charge >= 0.3 is 12.1 Å². The molecule has 0 heterocycles. The molecular weight excluding hydrogens is 404 g/mol. The van der Waals surface area contributed by atoms with E-state index >= 15 is 0 Å². The summed E-state index contributed by atoms with van der Waals surface area (Å²) in [6, 6.07) is 15.4. The number of hydrogen-bond donors (Lipinski definition) is 1. The Morgan fingerprint density at radius 1 is 0.906 bits per heavy atom. The van der Waals surface area contributed by atoms with Crippen molar-refractivity contribution in [1.29, 1.82) is 0 Å². The van der Waals surface area contributed by atoms with Crippen LogP contribution in [0, 0.1) is 0 Å². The molecule has 0 aliphatic rings. The number of nitrogens with zero attached hydrogens (tertiary/aromatic N) is 1. The van der Waals surface area contributed by atoms with E-state index in [2.05, 4.69) is 5.32 Å². The molecule has 0 saturated heterocycles. The van der Waals surface area contributed by atoms with E-state index < -0.39 is 11.2 Å². The van der Waals surface area contributed by atoms with Crippen LogP contribution in [0.3, 0.4) is 0 Å². The predicted octanol–water partition coefficient (Wildman–Crippen LogP) is 5.66. The highest BCUT2D eigenvalue weighted by atomic mass is 16.6. The molecule has 0 saturated carbocycles. The molecule has 0 fully saturated rings. The highest BCUT2D eigenvalue weighted by Gasteiger charge is 2.24. The molecule has 1 N–H and O–H groups in total. The van der Waals surface area contributed by atoms with Crippen LogP contribution in [0.25, 0.3) is 0 Å². The van der Waals surface area contributed by atoms with Gasteiger partial charge in [0, 0.05) is 19.3 Å². The minimum Gasteiger partial charge on any atom is -0.456 e. The summed E-state index contributed by atoms with van der Waals surface area (Å²) in [5.41, 5.74) is 2.10. The maximum atomic E-state index is 12.9. The van der Waals surface area contributed by atoms with Crippen LogP contribution >= 0.6 is 0 Å². The van der Waals surface area contributed by atoms with Crippen molar-refractivity contribution in [1.82, 2.24) is 4.90 Å². The van der Waals surface area contributed by atoms with Crippen molar-refractivity contribution in [2.24, 2.45) is 0 Å². The second kappa shape index (κ2) is 10.5. The third-order valence-corrected chi connectivity index (χ3v) is 4.54. The lowest BCUT2D eigenvalue weighted by molar-refractivity contribution is 0.00684. The van der Waals surface area contributed by atoms with Gasteiger partial charge in [-0.15, -0.1) is 0 Å². The van der Waals surface area contributed by atoms with Crippen LogP contribution in [0.4, 0.5) is 10.5 Å². The Bertz CT molecular complexity index is 912. The monoisotopic (exact) mass is 440 g/mol. The van der Waals surface area contributed by atoms with Crippen LogP contribution in [-0.2, 0) is 22.4 Å². The van der Waals surface area contributed by atoms with Crippen molar-refractivity contribution < 1.29 is 19.1 Å². The Morgan fingerprint density at radius 2 is 1.53 bits per heavy atom. The zero-order valence-corrected chi connectivity index (χ0v) is 20.3. The van der Waals surface area contributed by atoms with E-state index in [1.807, 2.05) is 77.9 Å². The van der Waals surface area contributed by atoms with Crippen LogP contribution in [0.2, 0.25) is 0 Å². The fourth-order valence-corrected chi connectivity index (χ4v) is 3.09. The molecule has 0 radical (unpaired) electrons. The lowest BCUT2D eigenvalue weighted by atomic mass is 10.1. The maximum absolute atomic E-state index is 12.9. The van der Waals surface area contributed by atoms with Gasteiger partial charge in [-0.05, 0) is 71.2 Å². The van der Waals surface area contributed by atoms with Crippen LogP contribution in [0.5, 0.6) is 0 Å². The molecule has 0 aliphatic heterocycles. The van der Waals surface area contributed by atoms with Gasteiger partial charge in [-0.25, -0.2) is 9.59 Å². The molecule has 6 nitrogen and oxygen atoms in total. The van der Waals surface area contributed by atoms with Gasteiger partial charge in [0.1, 0.15) is 11.2 Å². The fraction of sp³-hybridized carbons (Fsp3) is 0.462. The molecular formula is C26H36N2O4. The fourth-order valence-electron chi connectivity index (χ4n) is 3.09. The molecule has 0 spiro atoms. The molecule has 174 valence electrons. The third kappa shape index (κ3) is 8.25. The molecule has 2 aromatic carbocycles. The number of rotatable bonds is 7. The molecule has 32 heavy (non-hydrogen) atoms. The smallest absolute Gasteiger partial charge is 0.410 e. The zero-order chi connectivity index (χ0) is 23.9. The van der Waals surface area contributed by atoms with Crippen LogP contribution in [-0.4, -0.2) is 41.8 Å². The summed E-state index contributed by atoms with van der Waals surface area (Å²) in [7, 11) is 1.79. The number of anilines is 1. The van der Waals surface area contributed by atoms with Crippen LogP contribution < -0.4 is 5.32 Å². The lowest BCUT2D eigenvalue weighted by Crippen LogP contribution is -2.37. The zero-order valence-electron chi connectivity index (χ0n) is 20.3. The van der Waals surface area contributed by atoms with Gasteiger partial charge in [0.15, 0.2) is 0 Å². The average molecular weight is 441 g/mol. The van der Waals surface area contributed by atoms with Gasteiger partial charge in [-0.3, -0.25) is 0 Å². The van der Waals surface area contributed by atoms with Crippen LogP contribution in [0.1, 0.15) is 63.0 Å². The Balaban J connectivity index is 2.24. The molecule has 6 heteroatoms. The van der Waals surface area contributed by atoms with E-state index in [0.29, 0.717) is 25.1 Å². The first kappa shape index (κ1) is 25.2. The summed E-state index contributed by atoms with van der Waals surface area (Å²) in [6.07, 6.45) is 0.344. The van der Waals surface area contributed by atoms with E-state index in [9.17, 15) is 9.59 Å². The number of esters is 1. The number of carbonyl (C=O) groups is 2. The summed E-state index contributed by atoms with van der Waals surface area (Å²) >= 11 is 0. The van der Waals surface area contributed by atoms with Gasteiger partial charge < -0.3 is 19.7 Å². The van der Waals surface area contributed by atoms with Crippen molar-refractivity contribution >= 4 is 17.7 Å². The second-order valence-electron chi connectivity index (χ2n) is 9.76. The predicted molar refractivity (Wildman–Crippen MR) is 128 cm³/mol. The quantitative estimate of drug-likeness (QED) is 0.563. The maximum Gasteiger partial charge on any atom is 0.410 e. The summed E-state index contributed by atoms with van der Waals surface area (Å²) in [6.45, 7) is 11.9. The van der Waals surface area contributed by atoms with Gasteiger partial charge in [-0.1, -0.05) is 36.4 Å². The van der Waals surface area contributed by atoms with E-state index in [1.165, 1.54) is 0 Å². The van der Waals surface area contributed by atoms with Crippen molar-refractivity contribution in [3.8, 4) is 0 Å². The lowest BCUT2D eigenvalue weighted by Gasteiger charge is -2.28. The summed E-state index contributed by atoms with van der Waals surface area (Å²) in [5, 5.41) is 3.13. The molecule has 1 amide bonds. The van der Waals surface area contributed by atoms with Crippen molar-refractivity contribution in [2.75, 3.05) is 18.9 Å². The highest BCUT2D eigenvalue weighted by molar-refractivity contribution is 5.91. The highest BCUT2D eigenvalue weighted by Crippen LogP contribution is 2.23. The third-order valence-electron chi connectivity index (χ3n) is 4.54. The van der Waals surface area contributed by atoms with E-state index in [4.69, 9.17) is 9.47 Å². The first-order valence-corrected chi connectivity index (χ1v) is 10.9. The van der Waals surface area contributed by atoms with Gasteiger partial charge in [0.05, 0.1) is 12.1 Å². The Morgan fingerprint density at radius 3 is 2.09 bits per heavy atom. The average Bonchev–Trinajstić information content (AvgIpc) is 2.69. The van der Waals surface area contributed by atoms with Crippen molar-refractivity contribution in [3.05, 3.63) is 65.2 Å². The molecule has 2 aromatic rings. The number of hydrogen-bond acceptors (Lipinski definition) is 5. The summed E-state index contributed by atoms with van der Waals surface area (Å²) < 4.78 is 11.1. The van der Waals surface area contributed by atoms with Crippen molar-refractivity contribution in [3.63, 3.8) is 0 Å². The molecule has 0 aliphatic carbocycles. The summed E-state index contributed by atoms with van der Waals surface area (Å²) in [4.78, 5) is 27.1. The number of carbonyl (C=O) groups excluding carboxylic acids is 2. The Hall–Kier alpha value is -3.02. The molecule has 2 rings (SSSR count). The number of nitrogens with one attached hydrogen (secondary N) is 1. The summed E-state index contributed by atoms with van der Waals surface area (Å²) in [5.74, 6) is -0.381.